The largest absolute Gasteiger partial charge is 0.453 e. The molecule has 0 unspecified atom stereocenters. The van der Waals surface area contributed by atoms with Crippen molar-refractivity contribution in [3.05, 3.63) is 89.4 Å². The maximum atomic E-state index is 12.9. The molecule has 0 aliphatic carbocycles. The standard InChI is InChI=1S/C24H19N3O4S/c1-16(28)25-18-11-9-17(10-12-18)22(29)15-31-24(30)21-14-20(23-8-5-13-32-23)26-27(21)19-6-3-2-4-7-19/h2-14H,15H2,1H3,(H,25,28). The summed E-state index contributed by atoms with van der Waals surface area (Å²) in [7, 11) is 0. The Morgan fingerprint density at radius 1 is 1.00 bits per heavy atom. The third-order valence-electron chi connectivity index (χ3n) is 4.55. The van der Waals surface area contributed by atoms with Crippen LogP contribution in [0.3, 0.4) is 0 Å². The normalized spacial score (nSPS) is 10.5. The summed E-state index contributed by atoms with van der Waals surface area (Å²) in [6.07, 6.45) is 0. The lowest BCUT2D eigenvalue weighted by molar-refractivity contribution is -0.114. The van der Waals surface area contributed by atoms with Crippen molar-refractivity contribution in [1.82, 2.24) is 9.78 Å². The Bertz CT molecular complexity index is 1250. The molecule has 0 bridgehead atoms. The number of para-hydroxylation sites is 1. The van der Waals surface area contributed by atoms with Gasteiger partial charge < -0.3 is 10.1 Å². The van der Waals surface area contributed by atoms with Gasteiger partial charge in [-0.3, -0.25) is 9.59 Å². The zero-order valence-electron chi connectivity index (χ0n) is 17.1. The Hall–Kier alpha value is -4.04. The number of nitrogens with zero attached hydrogens (tertiary/aromatic N) is 2. The second kappa shape index (κ2) is 9.40. The number of amides is 1. The number of anilines is 1. The summed E-state index contributed by atoms with van der Waals surface area (Å²) < 4.78 is 6.83. The quantitative estimate of drug-likeness (QED) is 0.332. The first-order valence-corrected chi connectivity index (χ1v) is 10.7. The van der Waals surface area contributed by atoms with Gasteiger partial charge in [-0.05, 0) is 47.8 Å². The number of ether oxygens (including phenoxy) is 1. The number of carbonyl (C=O) groups excluding carboxylic acids is 3. The van der Waals surface area contributed by atoms with Gasteiger partial charge in [0.1, 0.15) is 5.69 Å². The van der Waals surface area contributed by atoms with Crippen LogP contribution in [-0.2, 0) is 9.53 Å². The molecule has 7 nitrogen and oxygen atoms in total. The van der Waals surface area contributed by atoms with Gasteiger partial charge >= 0.3 is 5.97 Å². The molecule has 2 heterocycles. The Balaban J connectivity index is 1.51. The lowest BCUT2D eigenvalue weighted by Gasteiger charge is -2.08. The Kier molecular flexibility index (Phi) is 6.23. The highest BCUT2D eigenvalue weighted by molar-refractivity contribution is 7.13. The molecular formula is C24H19N3O4S. The summed E-state index contributed by atoms with van der Waals surface area (Å²) >= 11 is 1.52. The third kappa shape index (κ3) is 4.81. The highest BCUT2D eigenvalue weighted by Crippen LogP contribution is 2.26. The molecule has 1 N–H and O–H groups in total. The number of rotatable bonds is 7. The first kappa shape index (κ1) is 21.2. The Morgan fingerprint density at radius 3 is 2.41 bits per heavy atom. The van der Waals surface area contributed by atoms with Crippen molar-refractivity contribution in [1.29, 1.82) is 0 Å². The fourth-order valence-electron chi connectivity index (χ4n) is 3.07. The summed E-state index contributed by atoms with van der Waals surface area (Å²) in [5.41, 5.74) is 2.55. The van der Waals surface area contributed by atoms with E-state index in [1.54, 1.807) is 30.3 Å². The van der Waals surface area contributed by atoms with Crippen molar-refractivity contribution in [3.8, 4) is 16.3 Å². The van der Waals surface area contributed by atoms with Crippen LogP contribution < -0.4 is 5.32 Å². The average molecular weight is 446 g/mol. The first-order valence-electron chi connectivity index (χ1n) is 9.78. The minimum absolute atomic E-state index is 0.199. The summed E-state index contributed by atoms with van der Waals surface area (Å²) in [6.45, 7) is 0.995. The van der Waals surface area contributed by atoms with Crippen molar-refractivity contribution in [3.63, 3.8) is 0 Å². The molecule has 0 radical (unpaired) electrons. The lowest BCUT2D eigenvalue weighted by atomic mass is 10.1. The second-order valence-corrected chi connectivity index (χ2v) is 7.85. The first-order chi connectivity index (χ1) is 15.5. The molecule has 160 valence electrons. The summed E-state index contributed by atoms with van der Waals surface area (Å²) in [6, 6.07) is 21.1. The zero-order valence-corrected chi connectivity index (χ0v) is 18.0. The van der Waals surface area contributed by atoms with Crippen LogP contribution in [0.4, 0.5) is 5.69 Å². The molecule has 4 aromatic rings. The minimum Gasteiger partial charge on any atom is -0.453 e. The SMILES string of the molecule is CC(=O)Nc1ccc(C(=O)COC(=O)c2cc(-c3cccs3)nn2-c2ccccc2)cc1. The molecule has 32 heavy (non-hydrogen) atoms. The molecule has 0 saturated carbocycles. The van der Waals surface area contributed by atoms with Gasteiger partial charge in [0.25, 0.3) is 0 Å². The molecule has 1 amide bonds. The van der Waals surface area contributed by atoms with Gasteiger partial charge in [-0.15, -0.1) is 11.3 Å². The van der Waals surface area contributed by atoms with E-state index in [9.17, 15) is 14.4 Å². The highest BCUT2D eigenvalue weighted by Gasteiger charge is 2.20. The molecule has 0 fully saturated rings. The maximum absolute atomic E-state index is 12.9. The van der Waals surface area contributed by atoms with E-state index in [1.165, 1.54) is 22.9 Å². The van der Waals surface area contributed by atoms with Crippen LogP contribution in [-0.4, -0.2) is 34.0 Å². The molecule has 2 aromatic carbocycles. The van der Waals surface area contributed by atoms with Gasteiger partial charge in [-0.25, -0.2) is 9.48 Å². The van der Waals surface area contributed by atoms with Crippen molar-refractivity contribution < 1.29 is 19.1 Å². The van der Waals surface area contributed by atoms with Crippen molar-refractivity contribution in [2.45, 2.75) is 6.92 Å². The van der Waals surface area contributed by atoms with E-state index in [0.717, 1.165) is 4.88 Å². The fraction of sp³-hybridized carbons (Fsp3) is 0.0833. The van der Waals surface area contributed by atoms with Gasteiger partial charge in [-0.1, -0.05) is 24.3 Å². The van der Waals surface area contributed by atoms with E-state index in [1.807, 2.05) is 47.8 Å². The van der Waals surface area contributed by atoms with Gasteiger partial charge in [0, 0.05) is 24.2 Å². The molecule has 0 aliphatic heterocycles. The summed E-state index contributed by atoms with van der Waals surface area (Å²) in [5, 5.41) is 9.14. The van der Waals surface area contributed by atoms with E-state index in [-0.39, 0.29) is 17.4 Å². The number of ketones is 1. The number of carbonyl (C=O) groups is 3. The van der Waals surface area contributed by atoms with Crippen LogP contribution in [0.15, 0.2) is 78.2 Å². The maximum Gasteiger partial charge on any atom is 0.357 e. The number of aromatic nitrogens is 2. The Morgan fingerprint density at radius 2 is 1.75 bits per heavy atom. The average Bonchev–Trinajstić information content (AvgIpc) is 3.48. The number of hydrogen-bond donors (Lipinski definition) is 1. The lowest BCUT2D eigenvalue weighted by Crippen LogP contribution is -2.17. The molecule has 4 rings (SSSR count). The van der Waals surface area contributed by atoms with E-state index in [0.29, 0.717) is 22.6 Å². The number of benzene rings is 2. The van der Waals surface area contributed by atoms with E-state index in [4.69, 9.17) is 4.74 Å². The van der Waals surface area contributed by atoms with Gasteiger partial charge in [0.15, 0.2) is 18.1 Å². The molecule has 0 atom stereocenters. The number of nitrogens with one attached hydrogen (secondary N) is 1. The number of esters is 1. The monoisotopic (exact) mass is 445 g/mol. The molecular weight excluding hydrogens is 426 g/mol. The van der Waals surface area contributed by atoms with E-state index in [2.05, 4.69) is 10.4 Å². The molecule has 0 spiro atoms. The van der Waals surface area contributed by atoms with Crippen LogP contribution >= 0.6 is 11.3 Å². The van der Waals surface area contributed by atoms with Crippen LogP contribution in [0.5, 0.6) is 0 Å². The number of thiophene rings is 1. The topological polar surface area (TPSA) is 90.3 Å². The van der Waals surface area contributed by atoms with Gasteiger partial charge in [0.05, 0.1) is 10.6 Å². The van der Waals surface area contributed by atoms with Crippen LogP contribution in [0, 0.1) is 0 Å². The van der Waals surface area contributed by atoms with Crippen molar-refractivity contribution >= 4 is 34.7 Å². The van der Waals surface area contributed by atoms with Crippen molar-refractivity contribution in [2.24, 2.45) is 0 Å². The van der Waals surface area contributed by atoms with E-state index < -0.39 is 12.6 Å². The van der Waals surface area contributed by atoms with Gasteiger partial charge in [-0.2, -0.15) is 5.10 Å². The predicted octanol–water partition coefficient (Wildman–Crippen LogP) is 4.60. The molecule has 0 aliphatic rings. The minimum atomic E-state index is -0.646. The summed E-state index contributed by atoms with van der Waals surface area (Å²) in [4.78, 5) is 37.4. The zero-order chi connectivity index (χ0) is 22.5. The fourth-order valence-corrected chi connectivity index (χ4v) is 3.75. The van der Waals surface area contributed by atoms with Crippen LogP contribution in [0.25, 0.3) is 16.3 Å². The number of hydrogen-bond acceptors (Lipinski definition) is 6. The van der Waals surface area contributed by atoms with Crippen LogP contribution in [0.1, 0.15) is 27.8 Å². The summed E-state index contributed by atoms with van der Waals surface area (Å²) in [5.74, 6) is -1.20. The molecule has 8 heteroatoms. The smallest absolute Gasteiger partial charge is 0.357 e. The molecule has 2 aromatic heterocycles. The Labute approximate surface area is 188 Å². The van der Waals surface area contributed by atoms with Gasteiger partial charge in [0.2, 0.25) is 5.91 Å². The van der Waals surface area contributed by atoms with E-state index >= 15 is 0 Å². The van der Waals surface area contributed by atoms with Crippen LogP contribution in [0.2, 0.25) is 0 Å². The third-order valence-corrected chi connectivity index (χ3v) is 5.45. The second-order valence-electron chi connectivity index (χ2n) is 6.90. The number of Topliss-reactive ketones (excluding diaryl/α,β-unsaturated/α-hetero) is 1. The van der Waals surface area contributed by atoms with Crippen molar-refractivity contribution in [2.75, 3.05) is 11.9 Å². The molecule has 0 saturated heterocycles. The highest BCUT2D eigenvalue weighted by atomic mass is 32.1. The predicted molar refractivity (Wildman–Crippen MR) is 122 cm³/mol.